The number of methoxy groups -OCH3 is 1. The molecule has 0 aliphatic carbocycles. The lowest BCUT2D eigenvalue weighted by Crippen LogP contribution is -1.94. The summed E-state index contributed by atoms with van der Waals surface area (Å²) in [5, 5.41) is 13.0. The van der Waals surface area contributed by atoms with Gasteiger partial charge in [-0.05, 0) is 24.3 Å². The number of rotatable bonds is 4. The minimum absolute atomic E-state index is 0.109. The summed E-state index contributed by atoms with van der Waals surface area (Å²) in [7, 11) is 1.61. The Labute approximate surface area is 120 Å². The molecule has 21 heavy (non-hydrogen) atoms. The van der Waals surface area contributed by atoms with Crippen LogP contribution in [-0.4, -0.2) is 28.2 Å². The molecule has 3 aromatic rings. The molecule has 3 rings (SSSR count). The highest BCUT2D eigenvalue weighted by Crippen LogP contribution is 2.27. The molecule has 6 nitrogen and oxygen atoms in total. The summed E-state index contributed by atoms with van der Waals surface area (Å²) in [6.45, 7) is 0. The molecule has 1 aromatic carbocycles. The third-order valence-electron chi connectivity index (χ3n) is 3.11. The molecule has 106 valence electrons. The second-order valence-corrected chi connectivity index (χ2v) is 4.47. The number of aromatic amines is 1. The summed E-state index contributed by atoms with van der Waals surface area (Å²) >= 11 is 0. The number of aromatic carboxylic acids is 1. The SMILES string of the molecule is COc1cccc(Nc2ccnc3[nH]c(C(=O)O)cc23)c1. The summed E-state index contributed by atoms with van der Waals surface area (Å²) in [6.07, 6.45) is 1.62. The van der Waals surface area contributed by atoms with Gasteiger partial charge in [0.25, 0.3) is 0 Å². The van der Waals surface area contributed by atoms with Crippen LogP contribution in [0.1, 0.15) is 10.5 Å². The van der Waals surface area contributed by atoms with Gasteiger partial charge in [-0.2, -0.15) is 0 Å². The summed E-state index contributed by atoms with van der Waals surface area (Å²) in [6, 6.07) is 10.8. The van der Waals surface area contributed by atoms with E-state index in [0.717, 1.165) is 22.5 Å². The van der Waals surface area contributed by atoms with Gasteiger partial charge in [-0.25, -0.2) is 9.78 Å². The number of carboxylic acids is 1. The van der Waals surface area contributed by atoms with Crippen molar-refractivity contribution in [2.45, 2.75) is 0 Å². The molecule has 0 amide bonds. The molecule has 2 heterocycles. The lowest BCUT2D eigenvalue weighted by atomic mass is 10.2. The number of H-pyrrole nitrogens is 1. The number of nitrogens with one attached hydrogen (secondary N) is 2. The molecule has 0 aliphatic rings. The van der Waals surface area contributed by atoms with E-state index >= 15 is 0 Å². The molecule has 0 spiro atoms. The van der Waals surface area contributed by atoms with Gasteiger partial charge in [0.15, 0.2) is 0 Å². The molecule has 0 radical (unpaired) electrons. The van der Waals surface area contributed by atoms with Crippen LogP contribution in [0.25, 0.3) is 11.0 Å². The van der Waals surface area contributed by atoms with Gasteiger partial charge in [0, 0.05) is 23.3 Å². The van der Waals surface area contributed by atoms with E-state index in [1.165, 1.54) is 0 Å². The number of fused-ring (bicyclic) bond motifs is 1. The number of carboxylic acid groups (broad SMARTS) is 1. The second-order valence-electron chi connectivity index (χ2n) is 4.47. The number of ether oxygens (including phenoxy) is 1. The number of pyridine rings is 1. The standard InChI is InChI=1S/C15H13N3O3/c1-21-10-4-2-3-9(7-10)17-12-5-6-16-14-11(12)8-13(18-14)15(19)20/h2-8H,1H3,(H,19,20)(H2,16,17,18). The van der Waals surface area contributed by atoms with Crippen molar-refractivity contribution < 1.29 is 14.6 Å². The smallest absolute Gasteiger partial charge is 0.352 e. The highest BCUT2D eigenvalue weighted by atomic mass is 16.5. The van der Waals surface area contributed by atoms with Gasteiger partial charge in [0.2, 0.25) is 0 Å². The minimum Gasteiger partial charge on any atom is -0.497 e. The highest BCUT2D eigenvalue weighted by Gasteiger charge is 2.11. The predicted octanol–water partition coefficient (Wildman–Crippen LogP) is 3.01. The first-order valence-electron chi connectivity index (χ1n) is 6.29. The van der Waals surface area contributed by atoms with Gasteiger partial charge in [-0.3, -0.25) is 0 Å². The van der Waals surface area contributed by atoms with Crippen LogP contribution < -0.4 is 10.1 Å². The van der Waals surface area contributed by atoms with Gasteiger partial charge in [-0.1, -0.05) is 6.07 Å². The van der Waals surface area contributed by atoms with Crippen molar-refractivity contribution in [1.29, 1.82) is 0 Å². The van der Waals surface area contributed by atoms with Gasteiger partial charge in [0.05, 0.1) is 12.8 Å². The normalized spacial score (nSPS) is 10.5. The zero-order chi connectivity index (χ0) is 14.8. The molecule has 0 saturated heterocycles. The molecule has 3 N–H and O–H groups in total. The fourth-order valence-corrected chi connectivity index (χ4v) is 2.11. The predicted molar refractivity (Wildman–Crippen MR) is 79.3 cm³/mol. The molecule has 0 bridgehead atoms. The molecular formula is C15H13N3O3. The fourth-order valence-electron chi connectivity index (χ4n) is 2.11. The third kappa shape index (κ3) is 2.51. The number of anilines is 2. The van der Waals surface area contributed by atoms with Crippen molar-refractivity contribution in [3.05, 3.63) is 48.3 Å². The van der Waals surface area contributed by atoms with Crippen LogP contribution in [0.4, 0.5) is 11.4 Å². The van der Waals surface area contributed by atoms with Crippen LogP contribution in [-0.2, 0) is 0 Å². The summed E-state index contributed by atoms with van der Waals surface area (Å²) in [5.41, 5.74) is 2.26. The van der Waals surface area contributed by atoms with E-state index < -0.39 is 5.97 Å². The first kappa shape index (κ1) is 13.0. The van der Waals surface area contributed by atoms with Crippen LogP contribution in [0.3, 0.4) is 0 Å². The Hall–Kier alpha value is -3.02. The van der Waals surface area contributed by atoms with E-state index in [2.05, 4.69) is 15.3 Å². The first-order chi connectivity index (χ1) is 10.2. The van der Waals surface area contributed by atoms with E-state index in [9.17, 15) is 4.79 Å². The van der Waals surface area contributed by atoms with Crippen molar-refractivity contribution in [2.24, 2.45) is 0 Å². The van der Waals surface area contributed by atoms with Gasteiger partial charge in [0.1, 0.15) is 17.1 Å². The van der Waals surface area contributed by atoms with E-state index in [1.54, 1.807) is 25.4 Å². The maximum atomic E-state index is 11.0. The monoisotopic (exact) mass is 283 g/mol. The Kier molecular flexibility index (Phi) is 3.19. The first-order valence-corrected chi connectivity index (χ1v) is 6.29. The Morgan fingerprint density at radius 1 is 1.33 bits per heavy atom. The maximum absolute atomic E-state index is 11.0. The molecule has 6 heteroatoms. The topological polar surface area (TPSA) is 87.2 Å². The quantitative estimate of drug-likeness (QED) is 0.685. The van der Waals surface area contributed by atoms with Gasteiger partial charge < -0.3 is 20.1 Å². The molecule has 0 atom stereocenters. The van der Waals surface area contributed by atoms with Gasteiger partial charge in [-0.15, -0.1) is 0 Å². The Bertz CT molecular complexity index is 811. The Morgan fingerprint density at radius 2 is 2.19 bits per heavy atom. The third-order valence-corrected chi connectivity index (χ3v) is 3.11. The van der Waals surface area contributed by atoms with Crippen molar-refractivity contribution >= 4 is 28.4 Å². The number of hydrogen-bond donors (Lipinski definition) is 3. The zero-order valence-electron chi connectivity index (χ0n) is 11.3. The molecule has 0 unspecified atom stereocenters. The van der Waals surface area contributed by atoms with Crippen molar-refractivity contribution in [3.63, 3.8) is 0 Å². The second kappa shape index (κ2) is 5.16. The lowest BCUT2D eigenvalue weighted by molar-refractivity contribution is 0.0691. The number of aromatic nitrogens is 2. The largest absolute Gasteiger partial charge is 0.497 e. The Balaban J connectivity index is 2.01. The summed E-state index contributed by atoms with van der Waals surface area (Å²) < 4.78 is 5.18. The lowest BCUT2D eigenvalue weighted by Gasteiger charge is -2.08. The van der Waals surface area contributed by atoms with Crippen molar-refractivity contribution in [1.82, 2.24) is 9.97 Å². The molecule has 0 aliphatic heterocycles. The van der Waals surface area contributed by atoms with Crippen molar-refractivity contribution in [3.8, 4) is 5.75 Å². The van der Waals surface area contributed by atoms with Gasteiger partial charge >= 0.3 is 5.97 Å². The summed E-state index contributed by atoms with van der Waals surface area (Å²) in [4.78, 5) is 17.9. The van der Waals surface area contributed by atoms with E-state index in [-0.39, 0.29) is 5.69 Å². The van der Waals surface area contributed by atoms with E-state index in [1.807, 2.05) is 24.3 Å². The van der Waals surface area contributed by atoms with Crippen LogP contribution in [0, 0.1) is 0 Å². The molecule has 0 fully saturated rings. The minimum atomic E-state index is -1.01. The zero-order valence-corrected chi connectivity index (χ0v) is 11.3. The summed E-state index contributed by atoms with van der Waals surface area (Å²) in [5.74, 6) is -0.272. The van der Waals surface area contributed by atoms with E-state index in [0.29, 0.717) is 5.65 Å². The number of benzene rings is 1. The number of hydrogen-bond acceptors (Lipinski definition) is 4. The van der Waals surface area contributed by atoms with Crippen LogP contribution in [0.15, 0.2) is 42.6 Å². The highest BCUT2D eigenvalue weighted by molar-refractivity contribution is 5.98. The van der Waals surface area contributed by atoms with Crippen LogP contribution >= 0.6 is 0 Å². The number of carbonyl (C=O) groups is 1. The average Bonchev–Trinajstić information content (AvgIpc) is 2.93. The average molecular weight is 283 g/mol. The van der Waals surface area contributed by atoms with Crippen LogP contribution in [0.2, 0.25) is 0 Å². The Morgan fingerprint density at radius 3 is 2.95 bits per heavy atom. The molecule has 2 aromatic heterocycles. The maximum Gasteiger partial charge on any atom is 0.352 e. The van der Waals surface area contributed by atoms with Crippen molar-refractivity contribution in [2.75, 3.05) is 12.4 Å². The van der Waals surface area contributed by atoms with E-state index in [4.69, 9.17) is 9.84 Å². The number of nitrogens with zero attached hydrogens (tertiary/aromatic N) is 1. The fraction of sp³-hybridized carbons (Fsp3) is 0.0667. The van der Waals surface area contributed by atoms with Crippen LogP contribution in [0.5, 0.6) is 5.75 Å². The molecular weight excluding hydrogens is 270 g/mol. The molecule has 0 saturated carbocycles.